The maximum Gasteiger partial charge on any atom is 0.252 e. The van der Waals surface area contributed by atoms with Crippen LogP contribution in [0, 0.1) is 5.92 Å². The molecule has 0 radical (unpaired) electrons. The third-order valence-corrected chi connectivity index (χ3v) is 7.50. The van der Waals surface area contributed by atoms with Crippen LogP contribution in [-0.4, -0.2) is 52.0 Å². The Morgan fingerprint density at radius 3 is 2.52 bits per heavy atom. The zero-order valence-electron chi connectivity index (χ0n) is 17.6. The van der Waals surface area contributed by atoms with Gasteiger partial charge in [-0.15, -0.1) is 0 Å². The van der Waals surface area contributed by atoms with Crippen LogP contribution in [0.5, 0.6) is 11.5 Å². The molecule has 0 aromatic heterocycles. The number of nitrogens with one attached hydrogen (secondary N) is 1. The van der Waals surface area contributed by atoms with Gasteiger partial charge in [-0.1, -0.05) is 30.7 Å². The van der Waals surface area contributed by atoms with Gasteiger partial charge in [0.15, 0.2) is 11.5 Å². The summed E-state index contributed by atoms with van der Waals surface area (Å²) in [6, 6.07) is 11.4. The number of methoxy groups -OCH3 is 1. The van der Waals surface area contributed by atoms with Crippen LogP contribution < -0.4 is 14.8 Å². The summed E-state index contributed by atoms with van der Waals surface area (Å²) in [5.74, 6) is 1.22. The molecule has 1 N–H and O–H groups in total. The van der Waals surface area contributed by atoms with Crippen LogP contribution in [0.4, 0.5) is 0 Å². The van der Waals surface area contributed by atoms with Crippen molar-refractivity contribution in [3.63, 3.8) is 0 Å². The fourth-order valence-corrected chi connectivity index (χ4v) is 5.07. The maximum atomic E-state index is 13.0. The number of ether oxygens (including phenoxy) is 2. The molecule has 1 aliphatic rings. The normalized spacial score (nSPS) is 15.5. The van der Waals surface area contributed by atoms with Gasteiger partial charge in [-0.25, -0.2) is 8.42 Å². The SMILES string of the molecule is COc1ccccc1OCCNC(=O)c1cc(S(=O)(=O)N2CCC(C)CC2)ccc1Cl. The van der Waals surface area contributed by atoms with Crippen molar-refractivity contribution in [1.82, 2.24) is 9.62 Å². The summed E-state index contributed by atoms with van der Waals surface area (Å²) < 4.78 is 38.3. The second-order valence-corrected chi connectivity index (χ2v) is 9.83. The lowest BCUT2D eigenvalue weighted by atomic mass is 10.0. The van der Waals surface area contributed by atoms with Crippen LogP contribution in [0.2, 0.25) is 5.02 Å². The van der Waals surface area contributed by atoms with Crippen LogP contribution in [0.3, 0.4) is 0 Å². The number of amides is 1. The van der Waals surface area contributed by atoms with E-state index in [1.807, 2.05) is 12.1 Å². The third kappa shape index (κ3) is 5.70. The Morgan fingerprint density at radius 2 is 1.84 bits per heavy atom. The van der Waals surface area contributed by atoms with Gasteiger partial charge in [-0.3, -0.25) is 4.79 Å². The number of benzene rings is 2. The van der Waals surface area contributed by atoms with E-state index in [0.29, 0.717) is 30.5 Å². The average Bonchev–Trinajstić information content (AvgIpc) is 2.77. The van der Waals surface area contributed by atoms with Crippen LogP contribution in [0.25, 0.3) is 0 Å². The summed E-state index contributed by atoms with van der Waals surface area (Å²) >= 11 is 6.18. The minimum Gasteiger partial charge on any atom is -0.493 e. The lowest BCUT2D eigenvalue weighted by Crippen LogP contribution is -2.38. The molecule has 2 aromatic carbocycles. The van der Waals surface area contributed by atoms with Crippen molar-refractivity contribution in [1.29, 1.82) is 0 Å². The molecule has 0 saturated carbocycles. The summed E-state index contributed by atoms with van der Waals surface area (Å²) in [5.41, 5.74) is 0.116. The van der Waals surface area contributed by atoms with Crippen molar-refractivity contribution < 1.29 is 22.7 Å². The molecule has 7 nitrogen and oxygen atoms in total. The van der Waals surface area contributed by atoms with Crippen LogP contribution in [0.1, 0.15) is 30.1 Å². The molecule has 1 amide bonds. The highest BCUT2D eigenvalue weighted by atomic mass is 35.5. The van der Waals surface area contributed by atoms with Crippen LogP contribution >= 0.6 is 11.6 Å². The molecular weight excluding hydrogens is 440 g/mol. The highest BCUT2D eigenvalue weighted by Crippen LogP contribution is 2.27. The molecule has 0 unspecified atom stereocenters. The van der Waals surface area contributed by atoms with E-state index in [9.17, 15) is 13.2 Å². The van der Waals surface area contributed by atoms with E-state index in [-0.39, 0.29) is 28.6 Å². The number of halogens is 1. The minimum absolute atomic E-state index is 0.0712. The van der Waals surface area contributed by atoms with Gasteiger partial charge in [0.25, 0.3) is 5.91 Å². The largest absolute Gasteiger partial charge is 0.493 e. The van der Waals surface area contributed by atoms with Crippen molar-refractivity contribution >= 4 is 27.5 Å². The lowest BCUT2D eigenvalue weighted by Gasteiger charge is -2.29. The lowest BCUT2D eigenvalue weighted by molar-refractivity contribution is 0.0946. The molecule has 1 heterocycles. The predicted molar refractivity (Wildman–Crippen MR) is 119 cm³/mol. The summed E-state index contributed by atoms with van der Waals surface area (Å²) in [7, 11) is -2.12. The number of hydrogen-bond donors (Lipinski definition) is 1. The first-order valence-electron chi connectivity index (χ1n) is 10.2. The Bertz CT molecular complexity index is 1020. The molecule has 9 heteroatoms. The van der Waals surface area contributed by atoms with E-state index in [2.05, 4.69) is 12.2 Å². The summed E-state index contributed by atoms with van der Waals surface area (Å²) in [6.07, 6.45) is 1.65. The first kappa shape index (κ1) is 23.4. The van der Waals surface area contributed by atoms with Crippen molar-refractivity contribution in [2.75, 3.05) is 33.4 Å². The van der Waals surface area contributed by atoms with Gasteiger partial charge in [0.1, 0.15) is 6.61 Å². The minimum atomic E-state index is -3.67. The fourth-order valence-electron chi connectivity index (χ4n) is 3.37. The third-order valence-electron chi connectivity index (χ3n) is 5.28. The van der Waals surface area contributed by atoms with Gasteiger partial charge in [-0.05, 0) is 49.1 Å². The van der Waals surface area contributed by atoms with Gasteiger partial charge in [0.05, 0.1) is 29.1 Å². The number of carbonyl (C=O) groups excluding carboxylic acids is 1. The first-order valence-corrected chi connectivity index (χ1v) is 12.0. The molecule has 0 aliphatic carbocycles. The summed E-state index contributed by atoms with van der Waals surface area (Å²) in [4.78, 5) is 12.7. The van der Waals surface area contributed by atoms with E-state index in [1.54, 1.807) is 19.2 Å². The second kappa shape index (κ2) is 10.3. The standard InChI is InChI=1S/C22H27ClN2O5S/c1-16-9-12-25(13-10-16)31(27,28)17-7-8-19(23)18(15-17)22(26)24-11-14-30-21-6-4-3-5-20(21)29-2/h3-8,15-16H,9-14H2,1-2H3,(H,24,26). The molecule has 2 aromatic rings. The van der Waals surface area contributed by atoms with Crippen molar-refractivity contribution in [2.45, 2.75) is 24.7 Å². The van der Waals surface area contributed by atoms with Crippen LogP contribution in [-0.2, 0) is 10.0 Å². The molecule has 0 bridgehead atoms. The smallest absolute Gasteiger partial charge is 0.252 e. The van der Waals surface area contributed by atoms with Gasteiger partial charge in [-0.2, -0.15) is 4.31 Å². The Kier molecular flexibility index (Phi) is 7.80. The van der Waals surface area contributed by atoms with Gasteiger partial charge < -0.3 is 14.8 Å². The van der Waals surface area contributed by atoms with Crippen molar-refractivity contribution in [2.24, 2.45) is 5.92 Å². The molecule has 0 atom stereocenters. The van der Waals surface area contributed by atoms with E-state index < -0.39 is 15.9 Å². The second-order valence-electron chi connectivity index (χ2n) is 7.48. The average molecular weight is 467 g/mol. The molecule has 1 fully saturated rings. The number of nitrogens with zero attached hydrogens (tertiary/aromatic N) is 1. The highest BCUT2D eigenvalue weighted by Gasteiger charge is 2.29. The first-order chi connectivity index (χ1) is 14.8. The Morgan fingerprint density at radius 1 is 1.16 bits per heavy atom. The van der Waals surface area contributed by atoms with Crippen molar-refractivity contribution in [3.8, 4) is 11.5 Å². The van der Waals surface area contributed by atoms with Crippen LogP contribution in [0.15, 0.2) is 47.4 Å². The van der Waals surface area contributed by atoms with E-state index >= 15 is 0 Å². The zero-order chi connectivity index (χ0) is 22.4. The molecular formula is C22H27ClN2O5S. The monoisotopic (exact) mass is 466 g/mol. The Labute approximate surface area is 188 Å². The molecule has 3 rings (SSSR count). The maximum absolute atomic E-state index is 13.0. The molecule has 0 spiro atoms. The zero-order valence-corrected chi connectivity index (χ0v) is 19.2. The molecule has 31 heavy (non-hydrogen) atoms. The van der Waals surface area contributed by atoms with Crippen molar-refractivity contribution in [3.05, 3.63) is 53.1 Å². The van der Waals surface area contributed by atoms with Gasteiger partial charge in [0.2, 0.25) is 10.0 Å². The molecule has 1 aliphatic heterocycles. The van der Waals surface area contributed by atoms with Gasteiger partial charge >= 0.3 is 0 Å². The predicted octanol–water partition coefficient (Wildman–Crippen LogP) is 3.58. The van der Waals surface area contributed by atoms with E-state index in [0.717, 1.165) is 12.8 Å². The highest BCUT2D eigenvalue weighted by molar-refractivity contribution is 7.89. The quantitative estimate of drug-likeness (QED) is 0.601. The number of para-hydroxylation sites is 2. The van der Waals surface area contributed by atoms with Gasteiger partial charge in [0, 0.05) is 13.1 Å². The number of carbonyl (C=O) groups is 1. The number of hydrogen-bond acceptors (Lipinski definition) is 5. The Balaban J connectivity index is 1.63. The summed E-state index contributed by atoms with van der Waals surface area (Å²) in [6.45, 7) is 3.51. The fraction of sp³-hybridized carbons (Fsp3) is 0.409. The number of sulfonamides is 1. The Hall–Kier alpha value is -2.29. The summed E-state index contributed by atoms with van der Waals surface area (Å²) in [5, 5.41) is 2.90. The molecule has 1 saturated heterocycles. The van der Waals surface area contributed by atoms with E-state index in [1.165, 1.54) is 22.5 Å². The van der Waals surface area contributed by atoms with E-state index in [4.69, 9.17) is 21.1 Å². The molecule has 168 valence electrons. The number of rotatable bonds is 8. The topological polar surface area (TPSA) is 84.9 Å². The number of piperidine rings is 1.